The molecule has 2 aliphatic heterocycles. The number of anilines is 1. The summed E-state index contributed by atoms with van der Waals surface area (Å²) >= 11 is 0. The van der Waals surface area contributed by atoms with Crippen LogP contribution in [0.1, 0.15) is 31.4 Å². The summed E-state index contributed by atoms with van der Waals surface area (Å²) in [4.78, 5) is 9.41. The van der Waals surface area contributed by atoms with Gasteiger partial charge >= 0.3 is 0 Å². The fourth-order valence-electron chi connectivity index (χ4n) is 3.57. The van der Waals surface area contributed by atoms with Crippen molar-refractivity contribution in [1.82, 2.24) is 20.1 Å². The molecule has 2 fully saturated rings. The zero-order valence-electron chi connectivity index (χ0n) is 14.2. The number of H-pyrrole nitrogens is 1. The highest BCUT2D eigenvalue weighted by Gasteiger charge is 2.20. The van der Waals surface area contributed by atoms with Gasteiger partial charge in [-0.3, -0.25) is 10.00 Å². The summed E-state index contributed by atoms with van der Waals surface area (Å²) in [5.41, 5.74) is 2.45. The molecule has 2 aromatic rings. The Bertz CT molecular complexity index is 674. The average Bonchev–Trinajstić information content (AvgIpc) is 3.34. The predicted octanol–water partition coefficient (Wildman–Crippen LogP) is 2.47. The van der Waals surface area contributed by atoms with Gasteiger partial charge < -0.3 is 9.64 Å². The first-order valence-corrected chi connectivity index (χ1v) is 8.91. The van der Waals surface area contributed by atoms with Crippen LogP contribution in [-0.2, 0) is 4.74 Å². The van der Waals surface area contributed by atoms with Crippen molar-refractivity contribution in [1.29, 1.82) is 0 Å². The number of aromatic amines is 1. The molecule has 1 aromatic carbocycles. The average molecular weight is 327 g/mol. The molecule has 0 spiro atoms. The minimum Gasteiger partial charge on any atom is -0.378 e. The summed E-state index contributed by atoms with van der Waals surface area (Å²) in [6, 6.07) is 9.13. The van der Waals surface area contributed by atoms with Gasteiger partial charge in [0, 0.05) is 24.7 Å². The van der Waals surface area contributed by atoms with Crippen LogP contribution in [0.15, 0.2) is 24.3 Å². The molecule has 1 aromatic heterocycles. The van der Waals surface area contributed by atoms with Gasteiger partial charge in [0.15, 0.2) is 5.82 Å². The minimum atomic E-state index is 0.453. The number of likely N-dealkylation sites (tertiary alicyclic amines) is 1. The van der Waals surface area contributed by atoms with Crippen LogP contribution in [0.2, 0.25) is 0 Å². The summed E-state index contributed by atoms with van der Waals surface area (Å²) in [5, 5.41) is 7.49. The number of nitrogens with zero attached hydrogens (tertiary/aromatic N) is 4. The molecule has 1 atom stereocenters. The lowest BCUT2D eigenvalue weighted by atomic mass is 10.0. The van der Waals surface area contributed by atoms with Crippen molar-refractivity contribution >= 4 is 5.95 Å². The Morgan fingerprint density at radius 1 is 1.12 bits per heavy atom. The summed E-state index contributed by atoms with van der Waals surface area (Å²) < 4.78 is 5.39. The van der Waals surface area contributed by atoms with E-state index in [4.69, 9.17) is 9.72 Å². The Hall–Kier alpha value is -1.92. The van der Waals surface area contributed by atoms with E-state index >= 15 is 0 Å². The maximum atomic E-state index is 5.39. The molecular formula is C18H25N5O. The molecule has 4 rings (SSSR count). The quantitative estimate of drug-likeness (QED) is 0.935. The van der Waals surface area contributed by atoms with Crippen LogP contribution < -0.4 is 4.90 Å². The molecule has 1 unspecified atom stereocenters. The van der Waals surface area contributed by atoms with Crippen LogP contribution in [0, 0.1) is 0 Å². The Kier molecular flexibility index (Phi) is 4.49. The number of hydrogen-bond donors (Lipinski definition) is 1. The smallest absolute Gasteiger partial charge is 0.245 e. The molecule has 2 aliphatic rings. The number of hydrogen-bond acceptors (Lipinski definition) is 5. The first-order valence-electron chi connectivity index (χ1n) is 8.91. The lowest BCUT2D eigenvalue weighted by Gasteiger charge is -2.25. The third kappa shape index (κ3) is 3.16. The third-order valence-corrected chi connectivity index (χ3v) is 5.10. The Balaban J connectivity index is 1.53. The minimum absolute atomic E-state index is 0.453. The second kappa shape index (κ2) is 6.91. The first-order chi connectivity index (χ1) is 11.8. The molecule has 2 saturated heterocycles. The lowest BCUT2D eigenvalue weighted by Crippen LogP contribution is -2.36. The highest BCUT2D eigenvalue weighted by Crippen LogP contribution is 2.27. The van der Waals surface area contributed by atoms with Gasteiger partial charge in [-0.2, -0.15) is 4.98 Å². The van der Waals surface area contributed by atoms with E-state index in [2.05, 4.69) is 51.2 Å². The van der Waals surface area contributed by atoms with E-state index in [9.17, 15) is 0 Å². The predicted molar refractivity (Wildman–Crippen MR) is 94.1 cm³/mol. The number of morpholine rings is 1. The summed E-state index contributed by atoms with van der Waals surface area (Å²) in [5.74, 6) is 1.61. The fourth-order valence-corrected chi connectivity index (χ4v) is 3.57. The Morgan fingerprint density at radius 2 is 1.92 bits per heavy atom. The summed E-state index contributed by atoms with van der Waals surface area (Å²) in [6.45, 7) is 7.89. The van der Waals surface area contributed by atoms with Gasteiger partial charge in [0.25, 0.3) is 0 Å². The van der Waals surface area contributed by atoms with Gasteiger partial charge in [-0.1, -0.05) is 18.2 Å². The van der Waals surface area contributed by atoms with Crippen LogP contribution >= 0.6 is 0 Å². The molecule has 6 nitrogen and oxygen atoms in total. The van der Waals surface area contributed by atoms with Crippen molar-refractivity contribution < 1.29 is 4.74 Å². The van der Waals surface area contributed by atoms with Crippen LogP contribution in [0.4, 0.5) is 5.95 Å². The van der Waals surface area contributed by atoms with E-state index < -0.39 is 0 Å². The third-order valence-electron chi connectivity index (χ3n) is 5.10. The van der Waals surface area contributed by atoms with Crippen molar-refractivity contribution in [2.24, 2.45) is 0 Å². The maximum absolute atomic E-state index is 5.39. The molecule has 0 saturated carbocycles. The van der Waals surface area contributed by atoms with Crippen molar-refractivity contribution in [2.75, 3.05) is 44.3 Å². The first kappa shape index (κ1) is 15.6. The van der Waals surface area contributed by atoms with Gasteiger partial charge in [-0.15, -0.1) is 5.10 Å². The van der Waals surface area contributed by atoms with E-state index in [1.54, 1.807) is 0 Å². The van der Waals surface area contributed by atoms with Crippen LogP contribution in [-0.4, -0.2) is 59.5 Å². The van der Waals surface area contributed by atoms with Gasteiger partial charge in [0.1, 0.15) is 0 Å². The molecule has 0 radical (unpaired) electrons. The molecule has 1 N–H and O–H groups in total. The molecule has 0 amide bonds. The maximum Gasteiger partial charge on any atom is 0.245 e. The molecule has 6 heteroatoms. The van der Waals surface area contributed by atoms with Gasteiger partial charge in [0.05, 0.1) is 13.2 Å². The number of ether oxygens (including phenoxy) is 1. The normalized spacial score (nSPS) is 20.5. The number of nitrogens with one attached hydrogen (secondary N) is 1. The summed E-state index contributed by atoms with van der Waals surface area (Å²) in [6.07, 6.45) is 2.63. The van der Waals surface area contributed by atoms with Gasteiger partial charge in [-0.05, 0) is 44.5 Å². The topological polar surface area (TPSA) is 57.3 Å². The molecular weight excluding hydrogens is 302 g/mol. The van der Waals surface area contributed by atoms with Crippen molar-refractivity contribution in [3.05, 3.63) is 29.8 Å². The van der Waals surface area contributed by atoms with Gasteiger partial charge in [0.2, 0.25) is 5.95 Å². The molecule has 128 valence electrons. The van der Waals surface area contributed by atoms with Crippen LogP contribution in [0.3, 0.4) is 0 Å². The van der Waals surface area contributed by atoms with Crippen LogP contribution in [0.25, 0.3) is 11.4 Å². The van der Waals surface area contributed by atoms with Crippen molar-refractivity contribution in [3.8, 4) is 11.4 Å². The van der Waals surface area contributed by atoms with E-state index in [1.165, 1.54) is 31.5 Å². The van der Waals surface area contributed by atoms with Crippen molar-refractivity contribution in [3.63, 3.8) is 0 Å². The van der Waals surface area contributed by atoms with E-state index in [-0.39, 0.29) is 0 Å². The molecule has 0 aliphatic carbocycles. The number of rotatable bonds is 4. The number of benzene rings is 1. The van der Waals surface area contributed by atoms with Crippen LogP contribution in [0.5, 0.6) is 0 Å². The summed E-state index contributed by atoms with van der Waals surface area (Å²) in [7, 11) is 0. The van der Waals surface area contributed by atoms with E-state index in [1.807, 2.05) is 0 Å². The lowest BCUT2D eigenvalue weighted by molar-refractivity contribution is 0.122. The SMILES string of the molecule is CC(c1cccc(-c2nc(N3CCOCC3)n[nH]2)c1)N1CCCC1. The fraction of sp³-hybridized carbons (Fsp3) is 0.556. The Morgan fingerprint density at radius 3 is 2.71 bits per heavy atom. The second-order valence-electron chi connectivity index (χ2n) is 6.63. The second-order valence-corrected chi connectivity index (χ2v) is 6.63. The highest BCUT2D eigenvalue weighted by molar-refractivity contribution is 5.57. The monoisotopic (exact) mass is 327 g/mol. The zero-order chi connectivity index (χ0) is 16.4. The number of aromatic nitrogens is 3. The molecule has 24 heavy (non-hydrogen) atoms. The molecule has 0 bridgehead atoms. The van der Waals surface area contributed by atoms with Gasteiger partial charge in [-0.25, -0.2) is 0 Å². The van der Waals surface area contributed by atoms with E-state index in [0.29, 0.717) is 6.04 Å². The Labute approximate surface area is 142 Å². The van der Waals surface area contributed by atoms with Crippen molar-refractivity contribution in [2.45, 2.75) is 25.8 Å². The standard InChI is InChI=1S/C18H25N5O/c1-14(22-7-2-3-8-22)15-5-4-6-16(13-15)17-19-18(21-20-17)23-9-11-24-12-10-23/h4-6,13-14H,2-3,7-12H2,1H3,(H,19,20,21). The highest BCUT2D eigenvalue weighted by atomic mass is 16.5. The van der Waals surface area contributed by atoms with E-state index in [0.717, 1.165) is 43.6 Å². The molecule has 3 heterocycles. The zero-order valence-corrected chi connectivity index (χ0v) is 14.2. The largest absolute Gasteiger partial charge is 0.378 e.